The Kier molecular flexibility index (Phi) is 5.55. The molecule has 0 aliphatic heterocycles. The molecule has 1 atom stereocenters. The molecule has 0 aromatic heterocycles. The Bertz CT molecular complexity index is 883. The Hall–Kier alpha value is -3.03. The zero-order valence-corrected chi connectivity index (χ0v) is 15.6. The Balaban J connectivity index is 1.78. The molecule has 0 fully saturated rings. The van der Waals surface area contributed by atoms with Gasteiger partial charge in [0.2, 0.25) is 0 Å². The second-order valence-corrected chi connectivity index (χ2v) is 6.95. The maximum Gasteiger partial charge on any atom is 0.412 e. The van der Waals surface area contributed by atoms with E-state index in [0.717, 1.165) is 22.3 Å². The van der Waals surface area contributed by atoms with E-state index in [2.05, 4.69) is 0 Å². The molecule has 154 valence electrons. The molecule has 3 rings (SSSR count). The van der Waals surface area contributed by atoms with E-state index in [4.69, 9.17) is 9.84 Å². The van der Waals surface area contributed by atoms with Gasteiger partial charge in [0, 0.05) is 5.92 Å². The number of alkyl halides is 3. The van der Waals surface area contributed by atoms with Crippen molar-refractivity contribution < 1.29 is 32.6 Å². The van der Waals surface area contributed by atoms with Crippen molar-refractivity contribution in [2.24, 2.45) is 0 Å². The van der Waals surface area contributed by atoms with Crippen molar-refractivity contribution in [3.05, 3.63) is 59.7 Å². The zero-order chi connectivity index (χ0) is 21.2. The summed E-state index contributed by atoms with van der Waals surface area (Å²) in [6.45, 7) is 1.00. The number of rotatable bonds is 6. The lowest BCUT2D eigenvalue weighted by molar-refractivity contribution is -0.201. The first-order chi connectivity index (χ1) is 13.7. The van der Waals surface area contributed by atoms with Gasteiger partial charge in [-0.3, -0.25) is 4.79 Å². The van der Waals surface area contributed by atoms with Gasteiger partial charge in [0.25, 0.3) is 0 Å². The molecular formula is C21H20F3NO4. The van der Waals surface area contributed by atoms with Crippen molar-refractivity contribution in [2.75, 3.05) is 6.61 Å². The number of benzene rings is 2. The molecule has 2 N–H and O–H groups in total. The minimum absolute atomic E-state index is 0.162. The van der Waals surface area contributed by atoms with Gasteiger partial charge >= 0.3 is 18.2 Å². The second-order valence-electron chi connectivity index (χ2n) is 6.95. The van der Waals surface area contributed by atoms with Crippen LogP contribution in [0.4, 0.5) is 18.0 Å². The Morgan fingerprint density at radius 2 is 1.55 bits per heavy atom. The fraction of sp³-hybridized carbons (Fsp3) is 0.333. The van der Waals surface area contributed by atoms with Crippen LogP contribution in [0.1, 0.15) is 36.8 Å². The van der Waals surface area contributed by atoms with Gasteiger partial charge < -0.3 is 15.2 Å². The lowest BCUT2D eigenvalue weighted by Crippen LogP contribution is -2.59. The number of carbonyl (C=O) groups is 2. The second kappa shape index (κ2) is 7.77. The monoisotopic (exact) mass is 407 g/mol. The third kappa shape index (κ3) is 3.92. The maximum atomic E-state index is 13.5. The van der Waals surface area contributed by atoms with Gasteiger partial charge in [-0.1, -0.05) is 55.5 Å². The van der Waals surface area contributed by atoms with Crippen molar-refractivity contribution in [3.63, 3.8) is 0 Å². The lowest BCUT2D eigenvalue weighted by Gasteiger charge is -2.34. The van der Waals surface area contributed by atoms with Crippen LogP contribution in [0.2, 0.25) is 0 Å². The van der Waals surface area contributed by atoms with Gasteiger partial charge in [0.15, 0.2) is 0 Å². The van der Waals surface area contributed by atoms with Gasteiger partial charge in [-0.25, -0.2) is 4.79 Å². The van der Waals surface area contributed by atoms with Crippen molar-refractivity contribution in [1.82, 2.24) is 5.32 Å². The van der Waals surface area contributed by atoms with E-state index >= 15 is 0 Å². The van der Waals surface area contributed by atoms with E-state index < -0.39 is 36.6 Å². The van der Waals surface area contributed by atoms with Crippen molar-refractivity contribution >= 4 is 12.1 Å². The van der Waals surface area contributed by atoms with Crippen LogP contribution in [0.5, 0.6) is 0 Å². The summed E-state index contributed by atoms with van der Waals surface area (Å²) in [4.78, 5) is 23.2. The predicted molar refractivity (Wildman–Crippen MR) is 99.5 cm³/mol. The number of fused-ring (bicyclic) bond motifs is 3. The fourth-order valence-electron chi connectivity index (χ4n) is 3.72. The highest BCUT2D eigenvalue weighted by molar-refractivity contribution is 5.79. The summed E-state index contributed by atoms with van der Waals surface area (Å²) in [5.41, 5.74) is 0.929. The Morgan fingerprint density at radius 3 is 2.00 bits per heavy atom. The van der Waals surface area contributed by atoms with Gasteiger partial charge in [-0.05, 0) is 28.7 Å². The minimum atomic E-state index is -4.94. The Labute approximate surface area is 165 Å². The molecule has 0 spiro atoms. The van der Waals surface area contributed by atoms with Crippen LogP contribution >= 0.6 is 0 Å². The molecule has 0 saturated carbocycles. The summed E-state index contributed by atoms with van der Waals surface area (Å²) in [7, 11) is 0. The number of hydrogen-bond acceptors (Lipinski definition) is 3. The van der Waals surface area contributed by atoms with Gasteiger partial charge in [-0.15, -0.1) is 0 Å². The first-order valence-electron chi connectivity index (χ1n) is 9.10. The average molecular weight is 407 g/mol. The van der Waals surface area contributed by atoms with Crippen LogP contribution in [-0.2, 0) is 9.53 Å². The SMILES string of the molecule is CCC(CC(=O)O)(NC(=O)OCC1c2ccccc2-c2ccccc21)C(F)(F)F. The summed E-state index contributed by atoms with van der Waals surface area (Å²) in [5.74, 6) is -1.97. The lowest BCUT2D eigenvalue weighted by atomic mass is 9.91. The van der Waals surface area contributed by atoms with Crippen LogP contribution < -0.4 is 5.32 Å². The molecule has 1 aliphatic carbocycles. The normalized spacial score (nSPS) is 15.2. The number of aliphatic carboxylic acids is 1. The third-order valence-corrected chi connectivity index (χ3v) is 5.28. The van der Waals surface area contributed by atoms with Crippen molar-refractivity contribution in [2.45, 2.75) is 37.4 Å². The summed E-state index contributed by atoms with van der Waals surface area (Å²) in [5, 5.41) is 10.6. The molecule has 2 aromatic rings. The minimum Gasteiger partial charge on any atom is -0.481 e. The molecule has 29 heavy (non-hydrogen) atoms. The van der Waals surface area contributed by atoms with Gasteiger partial charge in [0.05, 0.1) is 6.42 Å². The number of nitrogens with one attached hydrogen (secondary N) is 1. The van der Waals surface area contributed by atoms with Gasteiger partial charge in [0.1, 0.15) is 12.1 Å². The number of carboxylic acid groups (broad SMARTS) is 1. The summed E-state index contributed by atoms with van der Waals surface area (Å²) in [6.07, 6.45) is -8.15. The summed E-state index contributed by atoms with van der Waals surface area (Å²) in [6, 6.07) is 15.1. The molecule has 0 radical (unpaired) electrons. The third-order valence-electron chi connectivity index (χ3n) is 5.28. The van der Waals surface area contributed by atoms with Crippen LogP contribution in [0.25, 0.3) is 11.1 Å². The maximum absolute atomic E-state index is 13.5. The predicted octanol–water partition coefficient (Wildman–Crippen LogP) is 4.71. The molecule has 2 aromatic carbocycles. The molecule has 0 saturated heterocycles. The first-order valence-corrected chi connectivity index (χ1v) is 9.10. The average Bonchev–Trinajstić information content (AvgIpc) is 2.98. The van der Waals surface area contributed by atoms with E-state index in [0.29, 0.717) is 0 Å². The number of carboxylic acids is 1. The largest absolute Gasteiger partial charge is 0.481 e. The molecular weight excluding hydrogens is 387 g/mol. The van der Waals surface area contributed by atoms with Crippen molar-refractivity contribution in [3.8, 4) is 11.1 Å². The smallest absolute Gasteiger partial charge is 0.412 e. The van der Waals surface area contributed by atoms with E-state index in [1.54, 1.807) is 5.32 Å². The van der Waals surface area contributed by atoms with Crippen molar-refractivity contribution in [1.29, 1.82) is 0 Å². The molecule has 8 heteroatoms. The zero-order valence-electron chi connectivity index (χ0n) is 15.6. The first kappa shape index (κ1) is 20.7. The van der Waals surface area contributed by atoms with Gasteiger partial charge in [-0.2, -0.15) is 13.2 Å². The standard InChI is InChI=1S/C21H20F3NO4/c1-2-20(11-18(26)27,21(22,23)24)25-19(28)29-12-17-15-9-5-3-7-13(15)14-8-4-6-10-16(14)17/h3-10,17H,2,11-12H2,1H3,(H,25,28)(H,26,27). The van der Waals surface area contributed by atoms with Crippen LogP contribution in [0.15, 0.2) is 48.5 Å². The molecule has 1 unspecified atom stereocenters. The van der Waals surface area contributed by atoms with E-state index in [1.165, 1.54) is 6.92 Å². The van der Waals surface area contributed by atoms with Crippen LogP contribution in [-0.4, -0.2) is 35.5 Å². The fourth-order valence-corrected chi connectivity index (χ4v) is 3.72. The number of ether oxygens (including phenoxy) is 1. The molecule has 5 nitrogen and oxygen atoms in total. The summed E-state index contributed by atoms with van der Waals surface area (Å²) < 4.78 is 45.6. The van der Waals surface area contributed by atoms with E-state index in [-0.39, 0.29) is 12.5 Å². The summed E-state index contributed by atoms with van der Waals surface area (Å²) >= 11 is 0. The number of alkyl carbamates (subject to hydrolysis) is 1. The van der Waals surface area contributed by atoms with Crippen LogP contribution in [0.3, 0.4) is 0 Å². The molecule has 0 heterocycles. The number of hydrogen-bond donors (Lipinski definition) is 2. The highest BCUT2D eigenvalue weighted by Crippen LogP contribution is 2.44. The number of amides is 1. The molecule has 1 amide bonds. The van der Waals surface area contributed by atoms with E-state index in [9.17, 15) is 22.8 Å². The van der Waals surface area contributed by atoms with E-state index in [1.807, 2.05) is 48.5 Å². The molecule has 0 bridgehead atoms. The quantitative estimate of drug-likeness (QED) is 0.727. The highest BCUT2D eigenvalue weighted by Gasteiger charge is 2.56. The molecule has 1 aliphatic rings. The Morgan fingerprint density at radius 1 is 1.03 bits per heavy atom. The highest BCUT2D eigenvalue weighted by atomic mass is 19.4. The number of halogens is 3. The van der Waals surface area contributed by atoms with Crippen LogP contribution in [0, 0.1) is 0 Å². The number of carbonyl (C=O) groups excluding carboxylic acids is 1. The topological polar surface area (TPSA) is 75.6 Å².